The highest BCUT2D eigenvalue weighted by atomic mass is 35.5. The summed E-state index contributed by atoms with van der Waals surface area (Å²) in [6, 6.07) is 0.811. The van der Waals surface area contributed by atoms with Gasteiger partial charge in [-0.2, -0.15) is 24.3 Å². The molecule has 2 aliphatic carbocycles. The first kappa shape index (κ1) is 62.0. The van der Waals surface area contributed by atoms with E-state index < -0.39 is 86.7 Å². The molecule has 0 bridgehead atoms. The average molecular weight is 1180 g/mol. The van der Waals surface area contributed by atoms with Crippen molar-refractivity contribution in [1.29, 1.82) is 0 Å². The van der Waals surface area contributed by atoms with Gasteiger partial charge < -0.3 is 58.1 Å². The van der Waals surface area contributed by atoms with Gasteiger partial charge in [-0.1, -0.05) is 61.6 Å². The van der Waals surface area contributed by atoms with Gasteiger partial charge in [-0.25, -0.2) is 4.98 Å². The van der Waals surface area contributed by atoms with Crippen molar-refractivity contribution in [3.8, 4) is 0 Å². The molecule has 0 radical (unpaired) electrons. The smallest absolute Gasteiger partial charge is 0.303 e. The van der Waals surface area contributed by atoms with Crippen molar-refractivity contribution in [2.24, 2.45) is 17.6 Å². The van der Waals surface area contributed by atoms with Crippen LogP contribution in [0, 0.1) is 11.8 Å². The summed E-state index contributed by atoms with van der Waals surface area (Å²) in [5.41, 5.74) is 6.71. The van der Waals surface area contributed by atoms with Crippen LogP contribution in [0.2, 0.25) is 15.7 Å². The van der Waals surface area contributed by atoms with Gasteiger partial charge in [0.1, 0.15) is 39.2 Å². The van der Waals surface area contributed by atoms with Gasteiger partial charge in [-0.3, -0.25) is 19.2 Å². The quantitative estimate of drug-likeness (QED) is 0.0347. The van der Waals surface area contributed by atoms with Crippen LogP contribution < -0.4 is 11.1 Å². The van der Waals surface area contributed by atoms with Gasteiger partial charge in [0, 0.05) is 51.6 Å². The largest absolute Gasteiger partial charge is 0.463 e. The Bertz CT molecular complexity index is 2790. The molecule has 2 saturated carbocycles. The molecule has 4 fully saturated rings. The molecule has 6 heterocycles. The van der Waals surface area contributed by atoms with Gasteiger partial charge in [0.25, 0.3) is 0 Å². The maximum atomic E-state index is 12.7. The Morgan fingerprint density at radius 3 is 1.47 bits per heavy atom. The van der Waals surface area contributed by atoms with Crippen LogP contribution in [-0.2, 0) is 66.2 Å². The van der Waals surface area contributed by atoms with Crippen molar-refractivity contribution in [2.75, 3.05) is 58.4 Å². The van der Waals surface area contributed by atoms with E-state index in [0.717, 1.165) is 25.7 Å². The van der Waals surface area contributed by atoms with E-state index in [9.17, 15) is 28.3 Å². The molecule has 4 aliphatic rings. The summed E-state index contributed by atoms with van der Waals surface area (Å²) in [5, 5.41) is 19.9. The van der Waals surface area contributed by atoms with Crippen LogP contribution in [0.1, 0.15) is 105 Å². The number of fused-ring (bicyclic) bond motifs is 2. The molecular formula is C46H69Cl3N12O14P2. The lowest BCUT2D eigenvalue weighted by atomic mass is 10.0. The second-order valence-electron chi connectivity index (χ2n) is 20.3. The van der Waals surface area contributed by atoms with Crippen molar-refractivity contribution < 1.29 is 66.2 Å². The number of esters is 4. The Morgan fingerprint density at radius 2 is 1.06 bits per heavy atom. The number of aromatic nitrogens is 10. The lowest BCUT2D eigenvalue weighted by Crippen LogP contribution is -2.32. The third-order valence-electron chi connectivity index (χ3n) is 13.3. The van der Waals surface area contributed by atoms with Crippen molar-refractivity contribution >= 4 is 101 Å². The van der Waals surface area contributed by atoms with E-state index in [-0.39, 0.29) is 71.2 Å². The molecule has 10 atom stereocenters. The van der Waals surface area contributed by atoms with Crippen molar-refractivity contribution in [2.45, 2.75) is 154 Å². The number of hydrogen-bond donors (Lipinski definition) is 2. The number of rotatable bonds is 18. The van der Waals surface area contributed by atoms with Gasteiger partial charge in [0.15, 0.2) is 58.0 Å². The predicted molar refractivity (Wildman–Crippen MR) is 282 cm³/mol. The molecule has 31 heteroatoms. The number of ether oxygens (including phenoxy) is 8. The van der Waals surface area contributed by atoms with Gasteiger partial charge in [-0.15, -0.1) is 10.2 Å². The van der Waals surface area contributed by atoms with Gasteiger partial charge >= 0.3 is 23.9 Å². The number of nitrogens with zero attached hydrogens (tertiary/aromatic N) is 10. The summed E-state index contributed by atoms with van der Waals surface area (Å²) < 4.78 is 73.4. The molecule has 4 aromatic rings. The van der Waals surface area contributed by atoms with E-state index in [1.165, 1.54) is 62.7 Å². The Hall–Kier alpha value is -4.23. The summed E-state index contributed by atoms with van der Waals surface area (Å²) >= 11 is 18.3. The number of nitrogens with one attached hydrogen (secondary N) is 1. The minimum atomic E-state index is -2.77. The summed E-state index contributed by atoms with van der Waals surface area (Å²) in [6.07, 6.45) is 5.13. The molecule has 0 amide bonds. The Balaban J connectivity index is 0.000000226. The third-order valence-corrected chi connectivity index (χ3v) is 17.3. The molecule has 2 aliphatic heterocycles. The summed E-state index contributed by atoms with van der Waals surface area (Å²) in [7, 11) is -5.54. The van der Waals surface area contributed by atoms with Gasteiger partial charge in [0.2, 0.25) is 10.6 Å². The van der Waals surface area contributed by atoms with Crippen LogP contribution >= 0.6 is 49.1 Å². The molecule has 77 heavy (non-hydrogen) atoms. The lowest BCUT2D eigenvalue weighted by Gasteiger charge is -2.24. The molecule has 0 spiro atoms. The zero-order valence-electron chi connectivity index (χ0n) is 44.7. The first-order chi connectivity index (χ1) is 36.2. The van der Waals surface area contributed by atoms with E-state index >= 15 is 0 Å². The van der Waals surface area contributed by atoms with Crippen molar-refractivity contribution in [1.82, 2.24) is 49.9 Å². The molecule has 0 aromatic carbocycles. The van der Waals surface area contributed by atoms with E-state index in [0.29, 0.717) is 23.0 Å². The van der Waals surface area contributed by atoms with Crippen LogP contribution in [0.5, 0.6) is 0 Å². The molecule has 4 unspecified atom stereocenters. The highest BCUT2D eigenvalue weighted by molar-refractivity contribution is 7.63. The standard InChI is InChI=1S/C23H34ClN6O7P.C18H24Cl2N5O7P.C5H11N/c1-12-16(10-35-17(38(4,5)33)11-34-13(2)31)37-22(19(12)36-14(3)32)30-21-18(28-29-30)20(26-23(24)27-21)25-15-8-6-7-9-15;1-8-11(6-30-12(33(4,5)28)7-29-9(2)26)32-17(14(8)31-10(3)27)25-16-13(23-24-25)15(19)21-18(20)22-16;6-5-3-1-2-4-5/h12,15-17,19,22H,6-11H2,1-5H3,(H,25,26,27);8,11-12,14,17H,6-7H2,1-5H3;5H,1-4,6H2/t12-,16-,17?,19?,22-;8-,11-,12?,14?,17-;/m11./s1. The highest BCUT2D eigenvalue weighted by Crippen LogP contribution is 2.46. The molecule has 4 aromatic heterocycles. The summed E-state index contributed by atoms with van der Waals surface area (Å²) in [6.45, 7) is 14.7. The maximum absolute atomic E-state index is 12.7. The minimum Gasteiger partial charge on any atom is -0.463 e. The molecular weight excluding hydrogens is 1110 g/mol. The number of carbonyl (C=O) groups is 4. The zero-order chi connectivity index (χ0) is 56.5. The van der Waals surface area contributed by atoms with Crippen molar-refractivity contribution in [3.63, 3.8) is 0 Å². The SMILES string of the molecule is CC(=O)OCC(OC[C@H]1O[C@@H](n2nnc3c(Cl)nc(Cl)nc32)C(OC(C)=O)[C@@H]1C)P(C)(C)=O.CC(=O)OCC(OC[C@H]1O[C@@H](n2nnc3c(NC4CCCC4)nc(Cl)nc32)C(OC(C)=O)[C@@H]1C)P(C)(C)=O.NC1CCCC1. The lowest BCUT2D eigenvalue weighted by molar-refractivity contribution is -0.155. The van der Waals surface area contributed by atoms with Crippen LogP contribution in [-0.4, -0.2) is 175 Å². The normalized spacial score (nSPS) is 24.6. The summed E-state index contributed by atoms with van der Waals surface area (Å²) in [5.74, 6) is -3.83. The fraction of sp³-hybridized carbons (Fsp3) is 0.739. The topological polar surface area (TPSA) is 327 Å². The van der Waals surface area contributed by atoms with Crippen LogP contribution in [0.25, 0.3) is 22.3 Å². The first-order valence-electron chi connectivity index (χ1n) is 25.2. The minimum absolute atomic E-state index is 0.00381. The maximum Gasteiger partial charge on any atom is 0.303 e. The highest BCUT2D eigenvalue weighted by Gasteiger charge is 2.49. The Labute approximate surface area is 460 Å². The number of hydrogen-bond acceptors (Lipinski definition) is 24. The molecule has 3 N–H and O–H groups in total. The molecule has 26 nitrogen and oxygen atoms in total. The third kappa shape index (κ3) is 16.9. The van der Waals surface area contributed by atoms with Crippen LogP contribution in [0.3, 0.4) is 0 Å². The predicted octanol–water partition coefficient (Wildman–Crippen LogP) is 6.63. The molecule has 428 valence electrons. The zero-order valence-corrected chi connectivity index (χ0v) is 48.8. The van der Waals surface area contributed by atoms with E-state index in [2.05, 4.69) is 45.9 Å². The summed E-state index contributed by atoms with van der Waals surface area (Å²) in [4.78, 5) is 62.8. The number of anilines is 1. The number of halogens is 3. The number of carbonyl (C=O) groups excluding carboxylic acids is 4. The fourth-order valence-electron chi connectivity index (χ4n) is 9.04. The Morgan fingerprint density at radius 1 is 0.649 bits per heavy atom. The Kier molecular flexibility index (Phi) is 22.0. The second-order valence-corrected chi connectivity index (χ2v) is 28.2. The fourth-order valence-corrected chi connectivity index (χ4v) is 11.4. The second kappa shape index (κ2) is 27.3. The van der Waals surface area contributed by atoms with E-state index in [1.54, 1.807) is 26.7 Å². The van der Waals surface area contributed by atoms with Crippen LogP contribution in [0.4, 0.5) is 5.82 Å². The number of nitrogens with two attached hydrogens (primary N) is 1. The van der Waals surface area contributed by atoms with E-state index in [1.807, 2.05) is 13.8 Å². The van der Waals surface area contributed by atoms with Gasteiger partial charge in [0.05, 0.1) is 25.4 Å². The van der Waals surface area contributed by atoms with E-state index in [4.69, 9.17) is 78.4 Å². The first-order valence-corrected chi connectivity index (χ1v) is 31.7. The monoisotopic (exact) mass is 1180 g/mol. The van der Waals surface area contributed by atoms with Crippen LogP contribution in [0.15, 0.2) is 0 Å². The van der Waals surface area contributed by atoms with Gasteiger partial charge in [-0.05, 0) is 75.5 Å². The van der Waals surface area contributed by atoms with Crippen molar-refractivity contribution in [3.05, 3.63) is 15.7 Å². The average Bonchev–Trinajstić information content (AvgIpc) is 4.21. The molecule has 8 rings (SSSR count). The molecule has 2 saturated heterocycles.